The zero-order valence-corrected chi connectivity index (χ0v) is 13.6. The van der Waals surface area contributed by atoms with Crippen molar-refractivity contribution in [2.45, 2.75) is 64.3 Å². The Hall–Kier alpha value is -0.640. The van der Waals surface area contributed by atoms with Crippen molar-refractivity contribution in [3.8, 4) is 0 Å². The Kier molecular flexibility index (Phi) is 4.29. The molecule has 2 N–H and O–H groups in total. The fourth-order valence-corrected chi connectivity index (χ4v) is 4.83. The van der Waals surface area contributed by atoms with Crippen LogP contribution >= 0.6 is 11.8 Å². The molecule has 0 radical (unpaired) electrons. The van der Waals surface area contributed by atoms with E-state index in [0.717, 1.165) is 12.4 Å². The van der Waals surface area contributed by atoms with Crippen LogP contribution in [0.25, 0.3) is 0 Å². The highest BCUT2D eigenvalue weighted by molar-refractivity contribution is 7.99. The number of thioether (sulfide) groups is 1. The summed E-state index contributed by atoms with van der Waals surface area (Å²) in [5.41, 5.74) is 7.70. The molecule has 0 spiro atoms. The number of aromatic nitrogens is 2. The molecule has 0 aromatic carbocycles. The second-order valence-electron chi connectivity index (χ2n) is 6.79. The van der Waals surface area contributed by atoms with E-state index in [2.05, 4.69) is 18.4 Å². The smallest absolute Gasteiger partial charge is 0.127 e. The van der Waals surface area contributed by atoms with Crippen LogP contribution < -0.4 is 5.73 Å². The molecule has 20 heavy (non-hydrogen) atoms. The maximum absolute atomic E-state index is 6.49. The number of hydrogen-bond acceptors (Lipinski definition) is 3. The Balaban J connectivity index is 1.95. The minimum atomic E-state index is 0.591. The summed E-state index contributed by atoms with van der Waals surface area (Å²) in [5, 5.41) is 0. The lowest BCUT2D eigenvalue weighted by Gasteiger charge is -2.16. The summed E-state index contributed by atoms with van der Waals surface area (Å²) in [7, 11) is 0. The first-order valence-corrected chi connectivity index (χ1v) is 9.25. The van der Waals surface area contributed by atoms with E-state index in [1.807, 2.05) is 11.8 Å². The molecular formula is C16H27N3S. The van der Waals surface area contributed by atoms with E-state index in [0.29, 0.717) is 17.8 Å². The summed E-state index contributed by atoms with van der Waals surface area (Å²) in [6, 6.07) is 0. The van der Waals surface area contributed by atoms with Crippen molar-refractivity contribution >= 4 is 17.6 Å². The van der Waals surface area contributed by atoms with Crippen LogP contribution in [0.5, 0.6) is 0 Å². The van der Waals surface area contributed by atoms with E-state index in [4.69, 9.17) is 10.7 Å². The molecule has 2 heterocycles. The van der Waals surface area contributed by atoms with Crippen LogP contribution in [-0.2, 0) is 6.54 Å². The van der Waals surface area contributed by atoms with Gasteiger partial charge in [-0.3, -0.25) is 0 Å². The third-order valence-electron chi connectivity index (χ3n) is 4.65. The zero-order valence-electron chi connectivity index (χ0n) is 12.8. The van der Waals surface area contributed by atoms with Crippen molar-refractivity contribution in [1.82, 2.24) is 9.55 Å². The molecule has 1 aromatic heterocycles. The van der Waals surface area contributed by atoms with Gasteiger partial charge in [-0.15, -0.1) is 0 Å². The second-order valence-corrected chi connectivity index (χ2v) is 7.94. The molecule has 4 heteroatoms. The first kappa shape index (κ1) is 14.3. The van der Waals surface area contributed by atoms with E-state index in [9.17, 15) is 0 Å². The summed E-state index contributed by atoms with van der Waals surface area (Å²) in [6.07, 6.45) is 6.56. The molecule has 0 amide bonds. The van der Waals surface area contributed by atoms with Gasteiger partial charge in [0.2, 0.25) is 0 Å². The monoisotopic (exact) mass is 293 g/mol. The number of nitrogen functional groups attached to an aromatic ring is 1. The van der Waals surface area contributed by atoms with Gasteiger partial charge in [0.25, 0.3) is 0 Å². The van der Waals surface area contributed by atoms with Crippen LogP contribution in [0.1, 0.15) is 69.3 Å². The van der Waals surface area contributed by atoms with Gasteiger partial charge in [0.05, 0.1) is 5.69 Å². The fraction of sp³-hybridized carbons (Fsp3) is 0.812. The van der Waals surface area contributed by atoms with Crippen molar-refractivity contribution in [2.24, 2.45) is 5.92 Å². The maximum atomic E-state index is 6.49. The molecule has 2 fully saturated rings. The van der Waals surface area contributed by atoms with Gasteiger partial charge >= 0.3 is 0 Å². The lowest BCUT2D eigenvalue weighted by Crippen LogP contribution is -2.13. The molecule has 3 rings (SSSR count). The van der Waals surface area contributed by atoms with Gasteiger partial charge in [0, 0.05) is 24.1 Å². The molecule has 1 aliphatic carbocycles. The molecule has 3 nitrogen and oxygen atoms in total. The summed E-state index contributed by atoms with van der Waals surface area (Å²) in [5.74, 6) is 6.59. The maximum Gasteiger partial charge on any atom is 0.127 e. The summed E-state index contributed by atoms with van der Waals surface area (Å²) in [6.45, 7) is 5.55. The van der Waals surface area contributed by atoms with Crippen molar-refractivity contribution < 1.29 is 0 Å². The first-order chi connectivity index (χ1) is 9.66. The molecule has 2 aliphatic rings. The van der Waals surface area contributed by atoms with Crippen molar-refractivity contribution in [3.63, 3.8) is 0 Å². The second kappa shape index (κ2) is 6.00. The lowest BCUT2D eigenvalue weighted by molar-refractivity contribution is 0.492. The van der Waals surface area contributed by atoms with E-state index >= 15 is 0 Å². The van der Waals surface area contributed by atoms with Crippen LogP contribution in [0.3, 0.4) is 0 Å². The Morgan fingerprint density at radius 3 is 2.60 bits per heavy atom. The van der Waals surface area contributed by atoms with Gasteiger partial charge < -0.3 is 10.3 Å². The summed E-state index contributed by atoms with van der Waals surface area (Å²) < 4.78 is 2.35. The number of nitrogens with zero attached hydrogens (tertiary/aromatic N) is 2. The number of hydrogen-bond donors (Lipinski definition) is 1. The average Bonchev–Trinajstić information content (AvgIpc) is 3.11. The van der Waals surface area contributed by atoms with Gasteiger partial charge in [-0.05, 0) is 30.9 Å². The van der Waals surface area contributed by atoms with Gasteiger partial charge in [0.15, 0.2) is 0 Å². The fourth-order valence-electron chi connectivity index (χ4n) is 3.61. The van der Waals surface area contributed by atoms with Gasteiger partial charge in [-0.2, -0.15) is 11.8 Å². The molecule has 1 atom stereocenters. The minimum Gasteiger partial charge on any atom is -0.384 e. The first-order valence-electron chi connectivity index (χ1n) is 8.10. The molecule has 1 aliphatic heterocycles. The number of imidazole rings is 1. The Bertz CT molecular complexity index is 455. The number of rotatable bonds is 4. The molecule has 1 aromatic rings. The van der Waals surface area contributed by atoms with Crippen LogP contribution in [0, 0.1) is 5.92 Å². The normalized spacial score (nSPS) is 24.1. The topological polar surface area (TPSA) is 43.8 Å². The van der Waals surface area contributed by atoms with E-state index in [1.165, 1.54) is 55.1 Å². The van der Waals surface area contributed by atoms with Crippen LogP contribution in [-0.4, -0.2) is 21.1 Å². The molecule has 112 valence electrons. The zero-order chi connectivity index (χ0) is 14.1. The Morgan fingerprint density at radius 1 is 1.25 bits per heavy atom. The Morgan fingerprint density at radius 2 is 2.00 bits per heavy atom. The van der Waals surface area contributed by atoms with E-state index < -0.39 is 0 Å². The van der Waals surface area contributed by atoms with Crippen molar-refractivity contribution in [1.29, 1.82) is 0 Å². The highest BCUT2D eigenvalue weighted by Crippen LogP contribution is 2.40. The Labute approximate surface area is 126 Å². The number of anilines is 1. The predicted octanol–water partition coefficient (Wildman–Crippen LogP) is 4.00. The van der Waals surface area contributed by atoms with Crippen LogP contribution in [0.4, 0.5) is 5.82 Å². The summed E-state index contributed by atoms with van der Waals surface area (Å²) in [4.78, 5) is 5.05. The average molecular weight is 293 g/mol. The minimum absolute atomic E-state index is 0.591. The van der Waals surface area contributed by atoms with E-state index in [-0.39, 0.29) is 0 Å². The lowest BCUT2D eigenvalue weighted by atomic mass is 10.1. The molecule has 0 bridgehead atoms. The quantitative estimate of drug-likeness (QED) is 0.912. The van der Waals surface area contributed by atoms with Gasteiger partial charge in [-0.25, -0.2) is 4.98 Å². The largest absolute Gasteiger partial charge is 0.384 e. The molecular weight excluding hydrogens is 266 g/mol. The SMILES string of the molecule is CC(C)Cn1c(C2CCCC2)nc(C2CCSC2)c1N. The standard InChI is InChI=1S/C16H27N3S/c1-11(2)9-19-15(17)14(13-7-8-20-10-13)18-16(19)12-5-3-4-6-12/h11-13H,3-10,17H2,1-2H3. The summed E-state index contributed by atoms with van der Waals surface area (Å²) >= 11 is 2.04. The highest BCUT2D eigenvalue weighted by Gasteiger charge is 2.29. The third-order valence-corrected chi connectivity index (χ3v) is 5.81. The van der Waals surface area contributed by atoms with Gasteiger partial charge in [-0.1, -0.05) is 26.7 Å². The highest BCUT2D eigenvalue weighted by atomic mass is 32.2. The van der Waals surface area contributed by atoms with Crippen molar-refractivity contribution in [2.75, 3.05) is 17.2 Å². The molecule has 1 unspecified atom stereocenters. The molecule has 1 saturated carbocycles. The third kappa shape index (κ3) is 2.72. The number of nitrogens with two attached hydrogens (primary N) is 1. The van der Waals surface area contributed by atoms with Gasteiger partial charge in [0.1, 0.15) is 11.6 Å². The predicted molar refractivity (Wildman–Crippen MR) is 87.4 cm³/mol. The van der Waals surface area contributed by atoms with E-state index in [1.54, 1.807) is 0 Å². The van der Waals surface area contributed by atoms with Crippen LogP contribution in [0.2, 0.25) is 0 Å². The molecule has 1 saturated heterocycles. The van der Waals surface area contributed by atoms with Crippen molar-refractivity contribution in [3.05, 3.63) is 11.5 Å². The van der Waals surface area contributed by atoms with Crippen LogP contribution in [0.15, 0.2) is 0 Å².